The Balaban J connectivity index is 3.17. The fourth-order valence-electron chi connectivity index (χ4n) is 0.699. The second-order valence-corrected chi connectivity index (χ2v) is 2.62. The molecule has 0 radical (unpaired) electrons. The molecule has 0 unspecified atom stereocenters. The summed E-state index contributed by atoms with van der Waals surface area (Å²) in [7, 11) is 0. The first-order valence-corrected chi connectivity index (χ1v) is 4.15. The lowest BCUT2D eigenvalue weighted by Gasteiger charge is -1.96. The lowest BCUT2D eigenvalue weighted by molar-refractivity contribution is -0.386. The summed E-state index contributed by atoms with van der Waals surface area (Å²) < 4.78 is 0. The molecule has 1 heterocycles. The highest BCUT2D eigenvalue weighted by molar-refractivity contribution is 9.08. The van der Waals surface area contributed by atoms with Gasteiger partial charge in [0.1, 0.15) is 0 Å². The quantitative estimate of drug-likeness (QED) is 0.478. The molecule has 0 spiro atoms. The van der Waals surface area contributed by atoms with E-state index >= 15 is 0 Å². The second kappa shape index (κ2) is 3.48. The molecular formula is C6H5BrN2O3. The van der Waals surface area contributed by atoms with Crippen LogP contribution in [0.3, 0.4) is 0 Å². The van der Waals surface area contributed by atoms with Crippen molar-refractivity contribution < 1.29 is 10.0 Å². The lowest BCUT2D eigenvalue weighted by Crippen LogP contribution is -1.92. The molecule has 1 aromatic heterocycles. The summed E-state index contributed by atoms with van der Waals surface area (Å²) in [5.41, 5.74) is 0.193. The smallest absolute Gasteiger partial charge is 0.314 e. The molecule has 0 saturated heterocycles. The van der Waals surface area contributed by atoms with Crippen LogP contribution in [0.15, 0.2) is 12.3 Å². The SMILES string of the molecule is O=[N+]([O-])c1cc(CBr)ncc1O. The summed E-state index contributed by atoms with van der Waals surface area (Å²) in [4.78, 5) is 13.4. The van der Waals surface area contributed by atoms with Gasteiger partial charge in [-0.15, -0.1) is 0 Å². The number of hydrogen-bond donors (Lipinski definition) is 1. The number of nitro groups is 1. The van der Waals surface area contributed by atoms with Gasteiger partial charge in [0.05, 0.1) is 16.8 Å². The van der Waals surface area contributed by atoms with Gasteiger partial charge in [0.2, 0.25) is 5.75 Å². The molecule has 0 amide bonds. The Morgan fingerprint density at radius 1 is 1.75 bits per heavy atom. The van der Waals surface area contributed by atoms with Crippen LogP contribution in [-0.2, 0) is 5.33 Å². The van der Waals surface area contributed by atoms with Gasteiger partial charge in [0, 0.05) is 11.4 Å². The van der Waals surface area contributed by atoms with Crippen LogP contribution in [0.2, 0.25) is 0 Å². The molecular weight excluding hydrogens is 228 g/mol. The zero-order valence-corrected chi connectivity index (χ0v) is 7.48. The molecule has 0 aliphatic heterocycles. The van der Waals surface area contributed by atoms with E-state index in [0.29, 0.717) is 11.0 Å². The Hall–Kier alpha value is -1.17. The van der Waals surface area contributed by atoms with Crippen molar-refractivity contribution in [2.24, 2.45) is 0 Å². The van der Waals surface area contributed by atoms with Gasteiger partial charge in [-0.1, -0.05) is 15.9 Å². The third kappa shape index (κ3) is 1.70. The molecule has 5 nitrogen and oxygen atoms in total. The summed E-state index contributed by atoms with van der Waals surface area (Å²) in [6.45, 7) is 0. The average Bonchev–Trinajstić information content (AvgIpc) is 2.05. The van der Waals surface area contributed by atoms with Gasteiger partial charge in [-0.2, -0.15) is 0 Å². The van der Waals surface area contributed by atoms with Crippen molar-refractivity contribution in [3.63, 3.8) is 0 Å². The zero-order valence-electron chi connectivity index (χ0n) is 5.90. The Morgan fingerprint density at radius 2 is 2.42 bits per heavy atom. The summed E-state index contributed by atoms with van der Waals surface area (Å²) in [6.07, 6.45) is 1.06. The number of hydrogen-bond acceptors (Lipinski definition) is 4. The lowest BCUT2D eigenvalue weighted by atomic mass is 10.3. The van der Waals surface area contributed by atoms with Gasteiger partial charge in [0.15, 0.2) is 0 Å². The summed E-state index contributed by atoms with van der Waals surface area (Å²) in [5.74, 6) is -0.412. The highest BCUT2D eigenvalue weighted by Crippen LogP contribution is 2.24. The number of aromatic hydroxyl groups is 1. The minimum Gasteiger partial charge on any atom is -0.501 e. The van der Waals surface area contributed by atoms with Crippen molar-refractivity contribution in [1.82, 2.24) is 4.98 Å². The maximum atomic E-state index is 10.3. The Labute approximate surface area is 76.3 Å². The van der Waals surface area contributed by atoms with Gasteiger partial charge in [0.25, 0.3) is 0 Å². The van der Waals surface area contributed by atoms with Gasteiger partial charge in [-0.3, -0.25) is 15.1 Å². The molecule has 1 rings (SSSR count). The van der Waals surface area contributed by atoms with E-state index in [-0.39, 0.29) is 5.69 Å². The van der Waals surface area contributed by atoms with Gasteiger partial charge in [-0.05, 0) is 0 Å². The Bertz CT molecular complexity index is 316. The molecule has 0 aliphatic rings. The number of aromatic nitrogens is 1. The first-order chi connectivity index (χ1) is 5.65. The molecule has 0 aromatic carbocycles. The summed E-state index contributed by atoms with van der Waals surface area (Å²) in [5, 5.41) is 19.7. The molecule has 0 atom stereocenters. The molecule has 1 N–H and O–H groups in total. The maximum absolute atomic E-state index is 10.3. The first-order valence-electron chi connectivity index (χ1n) is 3.03. The normalized spacial score (nSPS) is 9.75. The minimum atomic E-state index is -0.650. The van der Waals surface area contributed by atoms with Crippen LogP contribution in [0, 0.1) is 10.1 Å². The maximum Gasteiger partial charge on any atom is 0.314 e. The molecule has 64 valence electrons. The van der Waals surface area contributed by atoms with E-state index in [1.807, 2.05) is 0 Å². The Morgan fingerprint density at radius 3 is 2.92 bits per heavy atom. The van der Waals surface area contributed by atoms with Crippen molar-refractivity contribution in [2.75, 3.05) is 0 Å². The van der Waals surface area contributed by atoms with Crippen molar-refractivity contribution in [3.05, 3.63) is 28.1 Å². The fourth-order valence-corrected chi connectivity index (χ4v) is 1.01. The van der Waals surface area contributed by atoms with Crippen molar-refractivity contribution >= 4 is 21.6 Å². The molecule has 12 heavy (non-hydrogen) atoms. The number of pyridine rings is 1. The summed E-state index contributed by atoms with van der Waals surface area (Å²) in [6, 6.07) is 1.23. The van der Waals surface area contributed by atoms with E-state index in [1.54, 1.807) is 0 Å². The van der Waals surface area contributed by atoms with E-state index in [9.17, 15) is 10.1 Å². The Kier molecular flexibility index (Phi) is 2.59. The largest absolute Gasteiger partial charge is 0.501 e. The van der Waals surface area contributed by atoms with Crippen LogP contribution >= 0.6 is 15.9 Å². The number of alkyl halides is 1. The van der Waals surface area contributed by atoms with Crippen molar-refractivity contribution in [2.45, 2.75) is 5.33 Å². The molecule has 6 heteroatoms. The van der Waals surface area contributed by atoms with Gasteiger partial charge < -0.3 is 5.11 Å². The van der Waals surface area contributed by atoms with E-state index < -0.39 is 10.7 Å². The van der Waals surface area contributed by atoms with Crippen molar-refractivity contribution in [3.8, 4) is 5.75 Å². The molecule has 0 bridgehead atoms. The second-order valence-electron chi connectivity index (χ2n) is 2.06. The third-order valence-corrected chi connectivity index (χ3v) is 1.83. The predicted octanol–water partition coefficient (Wildman–Crippen LogP) is 1.59. The molecule has 1 aromatic rings. The minimum absolute atomic E-state index is 0.320. The molecule has 0 aliphatic carbocycles. The fraction of sp³-hybridized carbons (Fsp3) is 0.167. The predicted molar refractivity (Wildman–Crippen MR) is 45.2 cm³/mol. The number of rotatable bonds is 2. The van der Waals surface area contributed by atoms with Crippen molar-refractivity contribution in [1.29, 1.82) is 0 Å². The highest BCUT2D eigenvalue weighted by Gasteiger charge is 2.13. The number of halogens is 1. The van der Waals surface area contributed by atoms with E-state index in [4.69, 9.17) is 5.11 Å². The summed E-state index contributed by atoms with van der Waals surface area (Å²) >= 11 is 3.10. The van der Waals surface area contributed by atoms with Crippen LogP contribution < -0.4 is 0 Å². The standard InChI is InChI=1S/C6H5BrN2O3/c7-2-4-1-5(9(11)12)6(10)3-8-4/h1,3,10H,2H2. The van der Waals surface area contributed by atoms with E-state index in [0.717, 1.165) is 6.20 Å². The zero-order chi connectivity index (χ0) is 9.14. The monoisotopic (exact) mass is 232 g/mol. The molecule has 0 saturated carbocycles. The van der Waals surface area contributed by atoms with Gasteiger partial charge >= 0.3 is 5.69 Å². The van der Waals surface area contributed by atoms with Crippen LogP contribution in [-0.4, -0.2) is 15.0 Å². The van der Waals surface area contributed by atoms with Crippen LogP contribution in [0.5, 0.6) is 5.75 Å². The highest BCUT2D eigenvalue weighted by atomic mass is 79.9. The topological polar surface area (TPSA) is 76.3 Å². The van der Waals surface area contributed by atoms with E-state index in [1.165, 1.54) is 6.07 Å². The average molecular weight is 233 g/mol. The number of nitrogens with zero attached hydrogens (tertiary/aromatic N) is 2. The third-order valence-electron chi connectivity index (χ3n) is 1.25. The van der Waals surface area contributed by atoms with Crippen LogP contribution in [0.4, 0.5) is 5.69 Å². The van der Waals surface area contributed by atoms with Crippen LogP contribution in [0.25, 0.3) is 0 Å². The van der Waals surface area contributed by atoms with Gasteiger partial charge in [-0.25, -0.2) is 0 Å². The van der Waals surface area contributed by atoms with E-state index in [2.05, 4.69) is 20.9 Å². The van der Waals surface area contributed by atoms with Crippen LogP contribution in [0.1, 0.15) is 5.69 Å². The first kappa shape index (κ1) is 8.92. The molecule has 0 fully saturated rings.